The number of benzene rings is 2. The molecule has 0 aliphatic heterocycles. The number of terminal acetylenes is 1. The number of rotatable bonds is 5. The first-order valence-electron chi connectivity index (χ1n) is 11.2. The maximum Gasteiger partial charge on any atom is 0.300 e. The van der Waals surface area contributed by atoms with Gasteiger partial charge in [0.1, 0.15) is 5.82 Å². The van der Waals surface area contributed by atoms with Gasteiger partial charge < -0.3 is 10.6 Å². The molecule has 1 aliphatic rings. The Bertz CT molecular complexity index is 1380. The average Bonchev–Trinajstić information content (AvgIpc) is 3.19. The van der Waals surface area contributed by atoms with E-state index >= 15 is 0 Å². The Kier molecular flexibility index (Phi) is 5.54. The summed E-state index contributed by atoms with van der Waals surface area (Å²) in [6, 6.07) is 18.1. The lowest BCUT2D eigenvalue weighted by atomic mass is 9.96. The van der Waals surface area contributed by atoms with E-state index in [-0.39, 0.29) is 0 Å². The summed E-state index contributed by atoms with van der Waals surface area (Å²) < 4.78 is 2.05. The molecule has 6 heteroatoms. The van der Waals surface area contributed by atoms with E-state index in [1.807, 2.05) is 54.0 Å². The summed E-state index contributed by atoms with van der Waals surface area (Å²) in [5.74, 6) is 3.18. The number of hydrogen-bond donors (Lipinski definition) is 2. The third kappa shape index (κ3) is 4.06. The van der Waals surface area contributed by atoms with Crippen molar-refractivity contribution in [2.24, 2.45) is 0 Å². The number of fused-ring (bicyclic) bond motifs is 2. The second kappa shape index (κ2) is 8.79. The maximum absolute atomic E-state index is 11.8. The number of hydrogen-bond acceptors (Lipinski definition) is 4. The molecule has 33 heavy (non-hydrogen) atoms. The number of carbonyl (C=O) groups excluding carboxylic acids is 1. The van der Waals surface area contributed by atoms with Crippen LogP contribution >= 0.6 is 0 Å². The van der Waals surface area contributed by atoms with Gasteiger partial charge in [-0.3, -0.25) is 9.36 Å². The summed E-state index contributed by atoms with van der Waals surface area (Å²) in [6.07, 6.45) is 9.47. The molecule has 1 amide bonds. The summed E-state index contributed by atoms with van der Waals surface area (Å²) in [6.45, 7) is 2.73. The van der Waals surface area contributed by atoms with Crippen LogP contribution < -0.4 is 10.6 Å². The van der Waals surface area contributed by atoms with Crippen molar-refractivity contribution in [1.82, 2.24) is 14.5 Å². The molecule has 2 aromatic carbocycles. The Morgan fingerprint density at radius 2 is 1.91 bits per heavy atom. The molecule has 0 unspecified atom stereocenters. The maximum atomic E-state index is 11.8. The highest BCUT2D eigenvalue weighted by Crippen LogP contribution is 2.31. The van der Waals surface area contributed by atoms with Gasteiger partial charge in [0.25, 0.3) is 5.91 Å². The molecule has 1 aliphatic carbocycles. The van der Waals surface area contributed by atoms with Crippen LogP contribution in [-0.2, 0) is 24.2 Å². The molecule has 0 atom stereocenters. The number of amides is 1. The fourth-order valence-electron chi connectivity index (χ4n) is 4.50. The van der Waals surface area contributed by atoms with Gasteiger partial charge in [0.05, 0.1) is 16.9 Å². The van der Waals surface area contributed by atoms with E-state index in [0.717, 1.165) is 53.8 Å². The van der Waals surface area contributed by atoms with E-state index < -0.39 is 5.91 Å². The van der Waals surface area contributed by atoms with E-state index in [1.54, 1.807) is 0 Å². The van der Waals surface area contributed by atoms with Crippen molar-refractivity contribution in [3.8, 4) is 18.3 Å². The quantitative estimate of drug-likeness (QED) is 0.442. The molecule has 0 bridgehead atoms. The van der Waals surface area contributed by atoms with Crippen molar-refractivity contribution in [3.63, 3.8) is 0 Å². The van der Waals surface area contributed by atoms with Gasteiger partial charge in [0.2, 0.25) is 5.95 Å². The highest BCUT2D eigenvalue weighted by atomic mass is 16.1. The molecule has 0 spiro atoms. The van der Waals surface area contributed by atoms with Gasteiger partial charge in [0.15, 0.2) is 0 Å². The molecule has 2 aromatic heterocycles. The highest BCUT2D eigenvalue weighted by Gasteiger charge is 2.21. The van der Waals surface area contributed by atoms with Crippen molar-refractivity contribution in [2.45, 2.75) is 39.2 Å². The number of aromatic nitrogens is 3. The van der Waals surface area contributed by atoms with E-state index in [1.165, 1.54) is 11.1 Å². The molecule has 0 saturated heterocycles. The summed E-state index contributed by atoms with van der Waals surface area (Å²) >= 11 is 0. The summed E-state index contributed by atoms with van der Waals surface area (Å²) in [5.41, 5.74) is 6.12. The van der Waals surface area contributed by atoms with Crippen LogP contribution in [0, 0.1) is 19.3 Å². The molecule has 0 radical (unpaired) electrons. The minimum absolute atomic E-state index is 0.467. The Balaban J connectivity index is 1.59. The van der Waals surface area contributed by atoms with Gasteiger partial charge in [-0.25, -0.2) is 4.98 Å². The third-order valence-electron chi connectivity index (χ3n) is 6.08. The van der Waals surface area contributed by atoms with E-state index in [4.69, 9.17) is 16.4 Å². The lowest BCUT2D eigenvalue weighted by Crippen LogP contribution is -2.16. The van der Waals surface area contributed by atoms with Gasteiger partial charge >= 0.3 is 0 Å². The van der Waals surface area contributed by atoms with Crippen LogP contribution in [-0.4, -0.2) is 20.4 Å². The zero-order chi connectivity index (χ0) is 22.8. The van der Waals surface area contributed by atoms with Crippen molar-refractivity contribution in [1.29, 1.82) is 0 Å². The standard InChI is InChI=1S/C27H25N5O/c1-3-25(33)29-23-14-9-15-24-21(23)16-18(2)32(24)27-30-22-13-8-7-12-20(22)26(31-27)28-17-19-10-5-4-6-11-19/h1,4-6,9-11,14-16H,7-8,12-13,17H2,2H3,(H,29,33)(H,28,30,31). The van der Waals surface area contributed by atoms with Gasteiger partial charge in [-0.05, 0) is 62.3 Å². The molecular formula is C27H25N5O. The topological polar surface area (TPSA) is 71.8 Å². The van der Waals surface area contributed by atoms with Crippen LogP contribution in [0.2, 0.25) is 0 Å². The largest absolute Gasteiger partial charge is 0.366 e. The minimum atomic E-state index is -0.467. The lowest BCUT2D eigenvalue weighted by molar-refractivity contribution is -0.111. The molecule has 0 saturated carbocycles. The molecule has 2 heterocycles. The van der Waals surface area contributed by atoms with Gasteiger partial charge in [-0.2, -0.15) is 4.98 Å². The molecule has 164 valence electrons. The lowest BCUT2D eigenvalue weighted by Gasteiger charge is -2.21. The van der Waals surface area contributed by atoms with E-state index in [2.05, 4.69) is 28.7 Å². The van der Waals surface area contributed by atoms with Crippen molar-refractivity contribution < 1.29 is 4.79 Å². The Morgan fingerprint density at radius 1 is 1.09 bits per heavy atom. The predicted molar refractivity (Wildman–Crippen MR) is 131 cm³/mol. The molecule has 6 nitrogen and oxygen atoms in total. The van der Waals surface area contributed by atoms with Crippen LogP contribution in [0.15, 0.2) is 54.6 Å². The number of aryl methyl sites for hydroxylation is 2. The zero-order valence-electron chi connectivity index (χ0n) is 18.6. The van der Waals surface area contributed by atoms with Crippen LogP contribution in [0.3, 0.4) is 0 Å². The number of carbonyl (C=O) groups is 1. The fourth-order valence-corrected chi connectivity index (χ4v) is 4.50. The third-order valence-corrected chi connectivity index (χ3v) is 6.08. The minimum Gasteiger partial charge on any atom is -0.366 e. The zero-order valence-corrected chi connectivity index (χ0v) is 18.6. The first-order chi connectivity index (χ1) is 16.1. The molecule has 4 aromatic rings. The van der Waals surface area contributed by atoms with Crippen molar-refractivity contribution in [3.05, 3.63) is 77.1 Å². The summed E-state index contributed by atoms with van der Waals surface area (Å²) in [4.78, 5) is 21.8. The summed E-state index contributed by atoms with van der Waals surface area (Å²) in [7, 11) is 0. The van der Waals surface area contributed by atoms with E-state index in [0.29, 0.717) is 18.2 Å². The molecule has 0 fully saturated rings. The first kappa shape index (κ1) is 20.8. The number of nitrogens with one attached hydrogen (secondary N) is 2. The average molecular weight is 436 g/mol. The van der Waals surface area contributed by atoms with Gasteiger partial charge in [-0.15, -0.1) is 6.42 Å². The second-order valence-electron chi connectivity index (χ2n) is 8.30. The van der Waals surface area contributed by atoms with Gasteiger partial charge in [0, 0.05) is 23.2 Å². The van der Waals surface area contributed by atoms with Crippen molar-refractivity contribution in [2.75, 3.05) is 10.6 Å². The predicted octanol–water partition coefficient (Wildman–Crippen LogP) is 4.79. The Labute approximate surface area is 193 Å². The highest BCUT2D eigenvalue weighted by molar-refractivity contribution is 6.08. The van der Waals surface area contributed by atoms with Crippen LogP contribution in [0.4, 0.5) is 11.5 Å². The van der Waals surface area contributed by atoms with Crippen molar-refractivity contribution >= 4 is 28.3 Å². The smallest absolute Gasteiger partial charge is 0.300 e. The SMILES string of the molecule is C#CC(=O)Nc1cccc2c1cc(C)n2-c1nc2c(c(NCc3ccccc3)n1)CCCC2. The fraction of sp³-hybridized carbons (Fsp3) is 0.222. The van der Waals surface area contributed by atoms with Crippen LogP contribution in [0.5, 0.6) is 0 Å². The molecule has 5 rings (SSSR count). The first-order valence-corrected chi connectivity index (χ1v) is 11.2. The van der Waals surface area contributed by atoms with Gasteiger partial charge in [-0.1, -0.05) is 36.4 Å². The molecule has 2 N–H and O–H groups in total. The Hall–Kier alpha value is -4.11. The van der Waals surface area contributed by atoms with Crippen LogP contribution in [0.25, 0.3) is 16.9 Å². The number of anilines is 2. The Morgan fingerprint density at radius 3 is 2.73 bits per heavy atom. The van der Waals surface area contributed by atoms with E-state index in [9.17, 15) is 4.79 Å². The number of nitrogens with zero attached hydrogens (tertiary/aromatic N) is 3. The second-order valence-corrected chi connectivity index (χ2v) is 8.30. The summed E-state index contributed by atoms with van der Waals surface area (Å²) in [5, 5.41) is 7.25. The van der Waals surface area contributed by atoms with Crippen LogP contribution in [0.1, 0.15) is 35.4 Å². The normalized spacial score (nSPS) is 12.7. The monoisotopic (exact) mass is 435 g/mol. The molecular weight excluding hydrogens is 410 g/mol.